The minimum absolute atomic E-state index is 0.218. The molecule has 0 aromatic heterocycles. The van der Waals surface area contributed by atoms with Crippen LogP contribution in [0.3, 0.4) is 0 Å². The fourth-order valence-corrected chi connectivity index (χ4v) is 1.81. The first kappa shape index (κ1) is 13.5. The molecule has 0 bridgehead atoms. The van der Waals surface area contributed by atoms with Crippen molar-refractivity contribution in [3.8, 4) is 6.07 Å². The van der Waals surface area contributed by atoms with Crippen LogP contribution < -0.4 is 0 Å². The summed E-state index contributed by atoms with van der Waals surface area (Å²) in [5.41, 5.74) is 0.382. The second kappa shape index (κ2) is 5.80. The molecule has 1 aromatic carbocycles. The quantitative estimate of drug-likeness (QED) is 0.736. The number of aliphatic hydroxyl groups excluding tert-OH is 2. The van der Waals surface area contributed by atoms with Gasteiger partial charge >= 0.3 is 5.97 Å². The summed E-state index contributed by atoms with van der Waals surface area (Å²) in [5, 5.41) is 27.8. The summed E-state index contributed by atoms with van der Waals surface area (Å²) < 4.78 is 10.1. The highest BCUT2D eigenvalue weighted by Gasteiger charge is 2.43. The Hall–Kier alpha value is -1.94. The molecule has 2 rings (SSSR count). The molecule has 1 saturated heterocycles. The highest BCUT2D eigenvalue weighted by molar-refractivity contribution is 5.89. The van der Waals surface area contributed by atoms with Crippen LogP contribution >= 0.6 is 0 Å². The van der Waals surface area contributed by atoms with Crippen molar-refractivity contribution in [1.29, 1.82) is 5.26 Å². The number of nitrogens with zero attached hydrogens (tertiary/aromatic N) is 1. The Morgan fingerprint density at radius 1 is 1.32 bits per heavy atom. The Morgan fingerprint density at radius 3 is 2.58 bits per heavy atom. The summed E-state index contributed by atoms with van der Waals surface area (Å²) in [6.45, 7) is -0.218. The van der Waals surface area contributed by atoms with Crippen molar-refractivity contribution in [3.63, 3.8) is 0 Å². The lowest BCUT2D eigenvalue weighted by Crippen LogP contribution is -2.34. The lowest BCUT2D eigenvalue weighted by Gasteiger charge is -2.14. The van der Waals surface area contributed by atoms with Crippen molar-refractivity contribution in [2.24, 2.45) is 0 Å². The summed E-state index contributed by atoms with van der Waals surface area (Å²) in [5.74, 6) is -0.550. The molecular weight excluding hydrogens is 250 g/mol. The normalized spacial score (nSPS) is 29.7. The third-order valence-corrected chi connectivity index (χ3v) is 2.88. The summed E-state index contributed by atoms with van der Waals surface area (Å²) in [4.78, 5) is 11.7. The van der Waals surface area contributed by atoms with Gasteiger partial charge in [-0.15, -0.1) is 0 Å². The zero-order valence-corrected chi connectivity index (χ0v) is 9.97. The van der Waals surface area contributed by atoms with Crippen LogP contribution in [0.1, 0.15) is 10.4 Å². The zero-order valence-electron chi connectivity index (χ0n) is 9.97. The van der Waals surface area contributed by atoms with E-state index in [4.69, 9.17) is 14.7 Å². The molecule has 1 aliphatic rings. The van der Waals surface area contributed by atoms with E-state index in [2.05, 4.69) is 0 Å². The van der Waals surface area contributed by atoms with E-state index in [0.717, 1.165) is 0 Å². The van der Waals surface area contributed by atoms with E-state index in [9.17, 15) is 15.0 Å². The second-order valence-corrected chi connectivity index (χ2v) is 4.17. The van der Waals surface area contributed by atoms with Gasteiger partial charge < -0.3 is 19.7 Å². The molecule has 4 atom stereocenters. The number of benzene rings is 1. The first-order valence-corrected chi connectivity index (χ1v) is 5.77. The van der Waals surface area contributed by atoms with E-state index in [0.29, 0.717) is 5.56 Å². The highest BCUT2D eigenvalue weighted by Crippen LogP contribution is 2.21. The molecule has 0 spiro atoms. The fraction of sp³-hybridized carbons (Fsp3) is 0.385. The Balaban J connectivity index is 1.90. The van der Waals surface area contributed by atoms with Gasteiger partial charge in [0, 0.05) is 0 Å². The molecule has 1 aliphatic heterocycles. The zero-order chi connectivity index (χ0) is 13.8. The number of nitriles is 1. The van der Waals surface area contributed by atoms with Crippen LogP contribution in [0.5, 0.6) is 0 Å². The van der Waals surface area contributed by atoms with Crippen LogP contribution in [-0.2, 0) is 9.47 Å². The van der Waals surface area contributed by atoms with E-state index in [1.807, 2.05) is 0 Å². The maximum Gasteiger partial charge on any atom is 0.338 e. The molecule has 100 valence electrons. The van der Waals surface area contributed by atoms with Crippen molar-refractivity contribution >= 4 is 5.97 Å². The summed E-state index contributed by atoms with van der Waals surface area (Å²) >= 11 is 0. The molecule has 0 radical (unpaired) electrons. The van der Waals surface area contributed by atoms with Crippen LogP contribution in [0.4, 0.5) is 0 Å². The van der Waals surface area contributed by atoms with Crippen molar-refractivity contribution in [3.05, 3.63) is 35.9 Å². The van der Waals surface area contributed by atoms with Gasteiger partial charge in [0.05, 0.1) is 11.6 Å². The molecule has 0 aliphatic carbocycles. The maximum absolute atomic E-state index is 11.7. The Labute approximate surface area is 109 Å². The van der Waals surface area contributed by atoms with Gasteiger partial charge in [0.15, 0.2) is 6.10 Å². The number of carbonyl (C=O) groups is 1. The largest absolute Gasteiger partial charge is 0.459 e. The summed E-state index contributed by atoms with van der Waals surface area (Å²) in [6.07, 6.45) is -4.53. The number of rotatable bonds is 3. The highest BCUT2D eigenvalue weighted by atomic mass is 16.6. The molecule has 1 fully saturated rings. The van der Waals surface area contributed by atoms with E-state index >= 15 is 0 Å². The lowest BCUT2D eigenvalue weighted by atomic mass is 10.1. The topological polar surface area (TPSA) is 99.8 Å². The van der Waals surface area contributed by atoms with Gasteiger partial charge in [-0.05, 0) is 12.1 Å². The number of hydrogen-bond acceptors (Lipinski definition) is 6. The average Bonchev–Trinajstić information content (AvgIpc) is 2.73. The van der Waals surface area contributed by atoms with Gasteiger partial charge in [0.25, 0.3) is 0 Å². The summed E-state index contributed by atoms with van der Waals surface area (Å²) in [7, 11) is 0. The number of ether oxygens (including phenoxy) is 2. The molecule has 1 aromatic rings. The monoisotopic (exact) mass is 263 g/mol. The number of esters is 1. The van der Waals surface area contributed by atoms with Crippen molar-refractivity contribution < 1.29 is 24.5 Å². The summed E-state index contributed by atoms with van der Waals surface area (Å²) in [6, 6.07) is 10.1. The SMILES string of the molecule is N#C[C@@H]1O[C@H](COC(=O)c2ccccc2)[C@@H](O)[C@@H]1O. The Kier molecular flexibility index (Phi) is 4.12. The van der Waals surface area contributed by atoms with Crippen molar-refractivity contribution in [2.75, 3.05) is 6.61 Å². The third-order valence-electron chi connectivity index (χ3n) is 2.88. The first-order valence-electron chi connectivity index (χ1n) is 5.77. The lowest BCUT2D eigenvalue weighted by molar-refractivity contribution is -0.0253. The van der Waals surface area contributed by atoms with Crippen LogP contribution in [0.15, 0.2) is 30.3 Å². The maximum atomic E-state index is 11.7. The molecular formula is C13H13NO5. The predicted octanol–water partition coefficient (Wildman–Crippen LogP) is -0.144. The van der Waals surface area contributed by atoms with E-state index < -0.39 is 30.4 Å². The van der Waals surface area contributed by atoms with Gasteiger partial charge in [-0.2, -0.15) is 5.26 Å². The molecule has 19 heavy (non-hydrogen) atoms. The Bertz CT molecular complexity index is 484. The van der Waals surface area contributed by atoms with Crippen LogP contribution in [0.25, 0.3) is 0 Å². The van der Waals surface area contributed by atoms with Gasteiger partial charge in [-0.1, -0.05) is 18.2 Å². The molecule has 1 heterocycles. The van der Waals surface area contributed by atoms with Gasteiger partial charge in [-0.25, -0.2) is 4.79 Å². The standard InChI is InChI=1S/C13H13NO5/c14-6-9-11(15)12(16)10(19-9)7-18-13(17)8-4-2-1-3-5-8/h1-5,9-12,15-16H,7H2/t9-,10+,11+,12+/m0/s1. The molecule has 6 nitrogen and oxygen atoms in total. The van der Waals surface area contributed by atoms with Crippen molar-refractivity contribution in [2.45, 2.75) is 24.4 Å². The van der Waals surface area contributed by atoms with Gasteiger partial charge in [0.2, 0.25) is 0 Å². The van der Waals surface area contributed by atoms with E-state index in [-0.39, 0.29) is 6.61 Å². The number of hydrogen-bond donors (Lipinski definition) is 2. The van der Waals surface area contributed by atoms with Crippen LogP contribution in [0.2, 0.25) is 0 Å². The van der Waals surface area contributed by atoms with Crippen molar-refractivity contribution in [1.82, 2.24) is 0 Å². The van der Waals surface area contributed by atoms with E-state index in [1.165, 1.54) is 0 Å². The number of aliphatic hydroxyl groups is 2. The molecule has 6 heteroatoms. The smallest absolute Gasteiger partial charge is 0.338 e. The van der Waals surface area contributed by atoms with Crippen LogP contribution in [0, 0.1) is 11.3 Å². The molecule has 2 N–H and O–H groups in total. The molecule has 0 saturated carbocycles. The Morgan fingerprint density at radius 2 is 2.00 bits per heavy atom. The fourth-order valence-electron chi connectivity index (χ4n) is 1.81. The minimum Gasteiger partial charge on any atom is -0.459 e. The number of carbonyl (C=O) groups excluding carboxylic acids is 1. The average molecular weight is 263 g/mol. The van der Waals surface area contributed by atoms with Gasteiger partial charge in [-0.3, -0.25) is 0 Å². The minimum atomic E-state index is -1.29. The predicted molar refractivity (Wildman–Crippen MR) is 63.0 cm³/mol. The molecule has 0 amide bonds. The second-order valence-electron chi connectivity index (χ2n) is 4.17. The van der Waals surface area contributed by atoms with Crippen LogP contribution in [-0.4, -0.2) is 47.2 Å². The first-order chi connectivity index (χ1) is 9.13. The molecule has 0 unspecified atom stereocenters. The third kappa shape index (κ3) is 2.90. The van der Waals surface area contributed by atoms with E-state index in [1.54, 1.807) is 36.4 Å². The van der Waals surface area contributed by atoms with Gasteiger partial charge in [0.1, 0.15) is 24.9 Å².